The molecule has 0 aliphatic rings. The van der Waals surface area contributed by atoms with Crippen molar-refractivity contribution in [1.29, 1.82) is 0 Å². The standard InChI is InChI=1S/C14H21N5/c1-4-6-12-13(15-7-5-2)16-10-17-14(12)19-9-11(3)8-18-19/h8-10H,4-7H2,1-3H3,(H,15,16,17). The van der Waals surface area contributed by atoms with Gasteiger partial charge in [-0.25, -0.2) is 14.6 Å². The van der Waals surface area contributed by atoms with Crippen LogP contribution in [0.5, 0.6) is 0 Å². The summed E-state index contributed by atoms with van der Waals surface area (Å²) in [5, 5.41) is 7.72. The molecule has 0 saturated carbocycles. The average molecular weight is 259 g/mol. The first-order valence-corrected chi connectivity index (χ1v) is 6.85. The Morgan fingerprint density at radius 1 is 1.21 bits per heavy atom. The second-order valence-corrected chi connectivity index (χ2v) is 4.66. The van der Waals surface area contributed by atoms with Gasteiger partial charge in [0.25, 0.3) is 0 Å². The summed E-state index contributed by atoms with van der Waals surface area (Å²) in [6.45, 7) is 7.26. The maximum absolute atomic E-state index is 4.40. The third-order valence-electron chi connectivity index (χ3n) is 2.89. The molecule has 5 heteroatoms. The number of anilines is 1. The summed E-state index contributed by atoms with van der Waals surface area (Å²) in [5.74, 6) is 1.81. The molecule has 0 saturated heterocycles. The van der Waals surface area contributed by atoms with E-state index in [-0.39, 0.29) is 0 Å². The molecule has 0 fully saturated rings. The van der Waals surface area contributed by atoms with Crippen LogP contribution in [-0.2, 0) is 6.42 Å². The molecular weight excluding hydrogens is 238 g/mol. The lowest BCUT2D eigenvalue weighted by atomic mass is 10.1. The van der Waals surface area contributed by atoms with Crippen molar-refractivity contribution >= 4 is 5.82 Å². The highest BCUT2D eigenvalue weighted by molar-refractivity contribution is 5.51. The predicted molar refractivity (Wildman–Crippen MR) is 76.7 cm³/mol. The Hall–Kier alpha value is -1.91. The van der Waals surface area contributed by atoms with Gasteiger partial charge in [-0.15, -0.1) is 0 Å². The van der Waals surface area contributed by atoms with E-state index in [1.54, 1.807) is 6.33 Å². The van der Waals surface area contributed by atoms with Gasteiger partial charge in [0.1, 0.15) is 12.1 Å². The monoisotopic (exact) mass is 259 g/mol. The Morgan fingerprint density at radius 2 is 2.05 bits per heavy atom. The molecule has 0 aliphatic carbocycles. The minimum atomic E-state index is 0.878. The number of hydrogen-bond acceptors (Lipinski definition) is 4. The lowest BCUT2D eigenvalue weighted by Gasteiger charge is -2.13. The van der Waals surface area contributed by atoms with Crippen molar-refractivity contribution in [3.63, 3.8) is 0 Å². The van der Waals surface area contributed by atoms with Gasteiger partial charge in [-0.3, -0.25) is 0 Å². The maximum atomic E-state index is 4.40. The molecule has 0 spiro atoms. The number of aromatic nitrogens is 4. The first-order valence-electron chi connectivity index (χ1n) is 6.85. The molecule has 5 nitrogen and oxygen atoms in total. The molecule has 0 aliphatic heterocycles. The number of nitrogens with one attached hydrogen (secondary N) is 1. The fraction of sp³-hybridized carbons (Fsp3) is 0.500. The lowest BCUT2D eigenvalue weighted by Crippen LogP contribution is -2.11. The molecule has 19 heavy (non-hydrogen) atoms. The van der Waals surface area contributed by atoms with Crippen molar-refractivity contribution in [3.05, 3.63) is 29.8 Å². The Balaban J connectivity index is 2.41. The molecule has 0 bridgehead atoms. The van der Waals surface area contributed by atoms with Crippen LogP contribution >= 0.6 is 0 Å². The highest BCUT2D eigenvalue weighted by Crippen LogP contribution is 2.20. The van der Waals surface area contributed by atoms with Crippen molar-refractivity contribution in [1.82, 2.24) is 19.7 Å². The van der Waals surface area contributed by atoms with Crippen molar-refractivity contribution in [2.24, 2.45) is 0 Å². The predicted octanol–water partition coefficient (Wildman–Crippen LogP) is 2.75. The molecule has 2 rings (SSSR count). The van der Waals surface area contributed by atoms with Gasteiger partial charge < -0.3 is 5.32 Å². The van der Waals surface area contributed by atoms with Crippen LogP contribution in [-0.4, -0.2) is 26.3 Å². The second kappa shape index (κ2) is 6.31. The number of hydrogen-bond donors (Lipinski definition) is 1. The summed E-state index contributed by atoms with van der Waals surface area (Å²) in [5.41, 5.74) is 2.27. The summed E-state index contributed by atoms with van der Waals surface area (Å²) >= 11 is 0. The van der Waals surface area contributed by atoms with Crippen LogP contribution in [0, 0.1) is 6.92 Å². The van der Waals surface area contributed by atoms with Crippen LogP contribution < -0.4 is 5.32 Å². The largest absolute Gasteiger partial charge is 0.370 e. The van der Waals surface area contributed by atoms with E-state index in [1.165, 1.54) is 0 Å². The van der Waals surface area contributed by atoms with Gasteiger partial charge in [0, 0.05) is 18.3 Å². The van der Waals surface area contributed by atoms with Crippen molar-refractivity contribution in [3.8, 4) is 5.82 Å². The smallest absolute Gasteiger partial charge is 0.161 e. The molecular formula is C14H21N5. The summed E-state index contributed by atoms with van der Waals surface area (Å²) in [7, 11) is 0. The van der Waals surface area contributed by atoms with Gasteiger partial charge in [-0.2, -0.15) is 5.10 Å². The van der Waals surface area contributed by atoms with Crippen molar-refractivity contribution < 1.29 is 0 Å². The average Bonchev–Trinajstić information content (AvgIpc) is 2.84. The van der Waals surface area contributed by atoms with Crippen LogP contribution in [0.4, 0.5) is 5.82 Å². The SMILES string of the molecule is CCCNc1ncnc(-n2cc(C)cn2)c1CCC. The number of aryl methyl sites for hydroxylation is 1. The normalized spacial score (nSPS) is 10.7. The Bertz CT molecular complexity index is 532. The van der Waals surface area contributed by atoms with Crippen molar-refractivity contribution in [2.45, 2.75) is 40.0 Å². The van der Waals surface area contributed by atoms with Crippen LogP contribution in [0.25, 0.3) is 5.82 Å². The minimum absolute atomic E-state index is 0.878. The molecule has 0 aromatic carbocycles. The number of nitrogens with zero attached hydrogens (tertiary/aromatic N) is 4. The Kier molecular flexibility index (Phi) is 4.49. The minimum Gasteiger partial charge on any atom is -0.370 e. The second-order valence-electron chi connectivity index (χ2n) is 4.66. The Morgan fingerprint density at radius 3 is 2.68 bits per heavy atom. The molecule has 0 amide bonds. The molecule has 0 unspecified atom stereocenters. The molecule has 2 aromatic rings. The van der Waals surface area contributed by atoms with E-state index in [4.69, 9.17) is 0 Å². The van der Waals surface area contributed by atoms with E-state index in [0.717, 1.165) is 48.6 Å². The van der Waals surface area contributed by atoms with Crippen LogP contribution in [0.1, 0.15) is 37.8 Å². The molecule has 102 valence electrons. The van der Waals surface area contributed by atoms with Gasteiger partial charge in [-0.05, 0) is 25.3 Å². The summed E-state index contributed by atoms with van der Waals surface area (Å²) < 4.78 is 1.83. The highest BCUT2D eigenvalue weighted by Gasteiger charge is 2.12. The van der Waals surface area contributed by atoms with Crippen LogP contribution in [0.2, 0.25) is 0 Å². The number of rotatable bonds is 6. The zero-order valence-corrected chi connectivity index (χ0v) is 11.8. The topological polar surface area (TPSA) is 55.6 Å². The molecule has 2 aromatic heterocycles. The molecule has 2 heterocycles. The van der Waals surface area contributed by atoms with E-state index in [0.29, 0.717) is 0 Å². The molecule has 0 atom stereocenters. The van der Waals surface area contributed by atoms with Gasteiger partial charge in [0.2, 0.25) is 0 Å². The van der Waals surface area contributed by atoms with E-state index < -0.39 is 0 Å². The quantitative estimate of drug-likeness (QED) is 0.866. The first kappa shape index (κ1) is 13.5. The van der Waals surface area contributed by atoms with Crippen LogP contribution in [0.15, 0.2) is 18.7 Å². The lowest BCUT2D eigenvalue weighted by molar-refractivity contribution is 0.797. The fourth-order valence-electron chi connectivity index (χ4n) is 2.01. The van der Waals surface area contributed by atoms with E-state index >= 15 is 0 Å². The fourth-order valence-corrected chi connectivity index (χ4v) is 2.01. The van der Waals surface area contributed by atoms with E-state index in [9.17, 15) is 0 Å². The van der Waals surface area contributed by atoms with Crippen LogP contribution in [0.3, 0.4) is 0 Å². The summed E-state index contributed by atoms with van der Waals surface area (Å²) in [6.07, 6.45) is 8.51. The first-order chi connectivity index (χ1) is 9.26. The van der Waals surface area contributed by atoms with Gasteiger partial charge >= 0.3 is 0 Å². The Labute approximate surface area is 114 Å². The summed E-state index contributed by atoms with van der Waals surface area (Å²) in [4.78, 5) is 8.76. The van der Waals surface area contributed by atoms with Crippen molar-refractivity contribution in [2.75, 3.05) is 11.9 Å². The zero-order valence-electron chi connectivity index (χ0n) is 11.8. The third-order valence-corrected chi connectivity index (χ3v) is 2.89. The van der Waals surface area contributed by atoms with Gasteiger partial charge in [0.15, 0.2) is 5.82 Å². The third kappa shape index (κ3) is 3.10. The maximum Gasteiger partial charge on any atom is 0.161 e. The van der Waals surface area contributed by atoms with Gasteiger partial charge in [0.05, 0.1) is 6.20 Å². The van der Waals surface area contributed by atoms with E-state index in [1.807, 2.05) is 24.0 Å². The summed E-state index contributed by atoms with van der Waals surface area (Å²) in [6, 6.07) is 0. The molecule has 0 radical (unpaired) electrons. The highest BCUT2D eigenvalue weighted by atomic mass is 15.3. The van der Waals surface area contributed by atoms with E-state index in [2.05, 4.69) is 34.2 Å². The molecule has 1 N–H and O–H groups in total. The zero-order chi connectivity index (χ0) is 13.7. The van der Waals surface area contributed by atoms with Gasteiger partial charge in [-0.1, -0.05) is 20.3 Å².